The number of amides is 1. The van der Waals surface area contributed by atoms with Gasteiger partial charge in [0.1, 0.15) is 5.82 Å². The molecule has 1 amide bonds. The molecule has 1 aliphatic heterocycles. The van der Waals surface area contributed by atoms with Gasteiger partial charge in [0.25, 0.3) is 0 Å². The highest BCUT2D eigenvalue weighted by Gasteiger charge is 2.24. The first kappa shape index (κ1) is 16.4. The summed E-state index contributed by atoms with van der Waals surface area (Å²) in [5, 5.41) is 3.04. The number of methoxy groups -OCH3 is 2. The third-order valence-electron chi connectivity index (χ3n) is 4.48. The topological polar surface area (TPSA) is 65.4 Å². The molecule has 0 saturated carbocycles. The lowest BCUT2D eigenvalue weighted by atomic mass is 9.97. The quantitative estimate of drug-likeness (QED) is 0.878. The van der Waals surface area contributed by atoms with Crippen molar-refractivity contribution in [3.05, 3.63) is 42.0 Å². The molecule has 0 bridgehead atoms. The van der Waals surface area contributed by atoms with E-state index in [0.29, 0.717) is 18.0 Å². The minimum atomic E-state index is 0.0188. The number of ether oxygens (including phenoxy) is 2. The third kappa shape index (κ3) is 3.53. The molecule has 6 heteroatoms. The molecule has 2 aromatic rings. The molecule has 1 aromatic carbocycles. The van der Waals surface area contributed by atoms with Crippen LogP contribution in [0.2, 0.25) is 0 Å². The Morgan fingerprint density at radius 3 is 2.96 bits per heavy atom. The minimum absolute atomic E-state index is 0.0188. The number of carbonyl (C=O) groups is 1. The molecule has 0 aliphatic carbocycles. The van der Waals surface area contributed by atoms with Crippen LogP contribution in [-0.2, 0) is 24.2 Å². The Morgan fingerprint density at radius 1 is 1.33 bits per heavy atom. The largest absolute Gasteiger partial charge is 0.493 e. The molecule has 0 radical (unpaired) electrons. The number of nitrogens with one attached hydrogen (secondary N) is 1. The summed E-state index contributed by atoms with van der Waals surface area (Å²) in [5.41, 5.74) is 1.10. The lowest BCUT2D eigenvalue weighted by Gasteiger charge is -2.22. The van der Waals surface area contributed by atoms with Crippen molar-refractivity contribution in [3.8, 4) is 11.5 Å². The van der Waals surface area contributed by atoms with Crippen LogP contribution in [0, 0.1) is 5.92 Å². The third-order valence-corrected chi connectivity index (χ3v) is 4.48. The second-order valence-corrected chi connectivity index (χ2v) is 5.96. The molecule has 1 atom stereocenters. The maximum absolute atomic E-state index is 12.4. The first-order valence-corrected chi connectivity index (χ1v) is 8.20. The highest BCUT2D eigenvalue weighted by atomic mass is 16.5. The summed E-state index contributed by atoms with van der Waals surface area (Å²) in [6.07, 6.45) is 6.11. The highest BCUT2D eigenvalue weighted by molar-refractivity contribution is 5.79. The van der Waals surface area contributed by atoms with E-state index in [2.05, 4.69) is 14.9 Å². The Balaban J connectivity index is 1.50. The Labute approximate surface area is 141 Å². The van der Waals surface area contributed by atoms with Gasteiger partial charge in [0.05, 0.1) is 14.2 Å². The summed E-state index contributed by atoms with van der Waals surface area (Å²) in [6.45, 7) is 1.47. The van der Waals surface area contributed by atoms with E-state index in [1.165, 1.54) is 0 Å². The fraction of sp³-hybridized carbons (Fsp3) is 0.444. The molecule has 0 spiro atoms. The zero-order valence-corrected chi connectivity index (χ0v) is 14.1. The van der Waals surface area contributed by atoms with E-state index in [4.69, 9.17) is 9.47 Å². The van der Waals surface area contributed by atoms with Crippen LogP contribution in [0.25, 0.3) is 0 Å². The lowest BCUT2D eigenvalue weighted by molar-refractivity contribution is -0.125. The highest BCUT2D eigenvalue weighted by Crippen LogP contribution is 2.27. The predicted octanol–water partition coefficient (Wildman–Crippen LogP) is 1.82. The number of hydrogen-bond donors (Lipinski definition) is 1. The lowest BCUT2D eigenvalue weighted by Crippen LogP contribution is -2.36. The minimum Gasteiger partial charge on any atom is -0.493 e. The second kappa shape index (κ2) is 7.38. The van der Waals surface area contributed by atoms with Gasteiger partial charge in [0.15, 0.2) is 11.5 Å². The van der Waals surface area contributed by atoms with Gasteiger partial charge in [-0.25, -0.2) is 4.98 Å². The van der Waals surface area contributed by atoms with Crippen molar-refractivity contribution < 1.29 is 14.3 Å². The Hall–Kier alpha value is -2.50. The van der Waals surface area contributed by atoms with Crippen molar-refractivity contribution >= 4 is 5.91 Å². The summed E-state index contributed by atoms with van der Waals surface area (Å²) in [4.78, 5) is 16.7. The zero-order valence-electron chi connectivity index (χ0n) is 14.1. The maximum Gasteiger partial charge on any atom is 0.223 e. The maximum atomic E-state index is 12.4. The fourth-order valence-corrected chi connectivity index (χ4v) is 3.09. The molecule has 24 heavy (non-hydrogen) atoms. The average molecular weight is 329 g/mol. The summed E-state index contributed by atoms with van der Waals surface area (Å²) in [6, 6.07) is 5.82. The van der Waals surface area contributed by atoms with Crippen LogP contribution in [0.3, 0.4) is 0 Å². The molecule has 2 heterocycles. The Bertz CT molecular complexity index is 711. The van der Waals surface area contributed by atoms with Crippen molar-refractivity contribution in [2.24, 2.45) is 5.92 Å². The van der Waals surface area contributed by atoms with Gasteiger partial charge in [0.2, 0.25) is 5.91 Å². The van der Waals surface area contributed by atoms with Gasteiger partial charge >= 0.3 is 0 Å². The first-order chi connectivity index (χ1) is 11.7. The van der Waals surface area contributed by atoms with E-state index in [-0.39, 0.29) is 11.8 Å². The van der Waals surface area contributed by atoms with Gasteiger partial charge in [-0.15, -0.1) is 0 Å². The number of benzene rings is 1. The molecule has 3 rings (SSSR count). The van der Waals surface area contributed by atoms with Crippen LogP contribution in [0.15, 0.2) is 30.6 Å². The normalized spacial score (nSPS) is 16.3. The van der Waals surface area contributed by atoms with Crippen LogP contribution >= 0.6 is 0 Å². The molecule has 1 aromatic heterocycles. The van der Waals surface area contributed by atoms with Crippen LogP contribution < -0.4 is 14.8 Å². The molecule has 1 aliphatic rings. The summed E-state index contributed by atoms with van der Waals surface area (Å²) < 4.78 is 12.7. The van der Waals surface area contributed by atoms with Crippen LogP contribution in [0.1, 0.15) is 17.8 Å². The van der Waals surface area contributed by atoms with Crippen molar-refractivity contribution in [2.45, 2.75) is 25.8 Å². The number of imidazole rings is 1. The number of hydrogen-bond acceptors (Lipinski definition) is 4. The van der Waals surface area contributed by atoms with Crippen molar-refractivity contribution in [1.29, 1.82) is 0 Å². The van der Waals surface area contributed by atoms with E-state index in [1.54, 1.807) is 20.4 Å². The summed E-state index contributed by atoms with van der Waals surface area (Å²) in [7, 11) is 3.24. The van der Waals surface area contributed by atoms with Crippen molar-refractivity contribution in [2.75, 3.05) is 20.8 Å². The molecule has 1 unspecified atom stereocenters. The first-order valence-electron chi connectivity index (χ1n) is 8.20. The van der Waals surface area contributed by atoms with E-state index in [9.17, 15) is 4.79 Å². The Kier molecular flexibility index (Phi) is 5.03. The number of aromatic nitrogens is 2. The van der Waals surface area contributed by atoms with Gasteiger partial charge in [-0.1, -0.05) is 6.07 Å². The molecular formula is C18H23N3O3. The average Bonchev–Trinajstić information content (AvgIpc) is 3.09. The van der Waals surface area contributed by atoms with Gasteiger partial charge in [-0.3, -0.25) is 4.79 Å². The second-order valence-electron chi connectivity index (χ2n) is 5.96. The van der Waals surface area contributed by atoms with Crippen molar-refractivity contribution in [3.63, 3.8) is 0 Å². The van der Waals surface area contributed by atoms with Crippen LogP contribution in [0.5, 0.6) is 11.5 Å². The van der Waals surface area contributed by atoms with E-state index in [1.807, 2.05) is 24.4 Å². The van der Waals surface area contributed by atoms with E-state index < -0.39 is 0 Å². The molecule has 1 N–H and O–H groups in total. The summed E-state index contributed by atoms with van der Waals surface area (Å²) >= 11 is 0. The molecule has 0 fully saturated rings. The number of aryl methyl sites for hydroxylation is 1. The smallest absolute Gasteiger partial charge is 0.223 e. The van der Waals surface area contributed by atoms with E-state index in [0.717, 1.165) is 37.2 Å². The van der Waals surface area contributed by atoms with E-state index >= 15 is 0 Å². The monoisotopic (exact) mass is 329 g/mol. The molecule has 128 valence electrons. The zero-order chi connectivity index (χ0) is 16.9. The van der Waals surface area contributed by atoms with Crippen molar-refractivity contribution in [1.82, 2.24) is 14.9 Å². The number of rotatable bonds is 6. The predicted molar refractivity (Wildman–Crippen MR) is 90.3 cm³/mol. The van der Waals surface area contributed by atoms with Gasteiger partial charge in [-0.2, -0.15) is 0 Å². The number of carbonyl (C=O) groups excluding carboxylic acids is 1. The van der Waals surface area contributed by atoms with Gasteiger partial charge in [-0.05, 0) is 30.5 Å². The number of fused-ring (bicyclic) bond motifs is 1. The van der Waals surface area contributed by atoms with Crippen LogP contribution in [0.4, 0.5) is 0 Å². The van der Waals surface area contributed by atoms with Gasteiger partial charge < -0.3 is 19.4 Å². The summed E-state index contributed by atoms with van der Waals surface area (Å²) in [5.74, 6) is 2.56. The van der Waals surface area contributed by atoms with Crippen LogP contribution in [-0.4, -0.2) is 36.2 Å². The molecular weight excluding hydrogens is 306 g/mol. The standard InChI is InChI=1S/C18H23N3O3/c1-23-15-4-3-13(11-16(15)24-2)5-7-20-18(22)14-6-9-21-10-8-19-17(21)12-14/h3-4,8,10-11,14H,5-7,9,12H2,1-2H3,(H,20,22). The Morgan fingerprint density at radius 2 is 2.17 bits per heavy atom. The fourth-order valence-electron chi connectivity index (χ4n) is 3.09. The van der Waals surface area contributed by atoms with Gasteiger partial charge in [0, 0.05) is 37.8 Å². The SMILES string of the molecule is COc1ccc(CCNC(=O)C2CCn3ccnc3C2)cc1OC. The number of nitrogens with zero attached hydrogens (tertiary/aromatic N) is 2. The molecule has 6 nitrogen and oxygen atoms in total. The molecule has 0 saturated heterocycles.